The van der Waals surface area contributed by atoms with Crippen LogP contribution >= 0.6 is 0 Å². The molecule has 1 N–H and O–H groups in total. The van der Waals surface area contributed by atoms with Gasteiger partial charge < -0.3 is 5.11 Å². The zero-order valence-electron chi connectivity index (χ0n) is 8.05. The summed E-state index contributed by atoms with van der Waals surface area (Å²) in [4.78, 5) is 0. The number of aliphatic hydroxyl groups is 1. The summed E-state index contributed by atoms with van der Waals surface area (Å²) in [6.45, 7) is 6.03. The standard InChI is InChI=1S/C11H20O/c1-3-9(2)8-11(12)10-6-4-5-7-10/h10-12H,2-8H2,1H3. The zero-order valence-corrected chi connectivity index (χ0v) is 8.05. The summed E-state index contributed by atoms with van der Waals surface area (Å²) in [6.07, 6.45) is 6.77. The molecular formula is C11H20O. The maximum Gasteiger partial charge on any atom is 0.0605 e. The van der Waals surface area contributed by atoms with Crippen molar-refractivity contribution in [1.29, 1.82) is 0 Å². The van der Waals surface area contributed by atoms with Gasteiger partial charge in [0.05, 0.1) is 6.10 Å². The predicted molar refractivity (Wildman–Crippen MR) is 52.0 cm³/mol. The van der Waals surface area contributed by atoms with Gasteiger partial charge in [-0.2, -0.15) is 0 Å². The SMILES string of the molecule is C=C(CC)CC(O)C1CCCC1. The minimum Gasteiger partial charge on any atom is -0.393 e. The van der Waals surface area contributed by atoms with Gasteiger partial charge in [0.1, 0.15) is 0 Å². The Morgan fingerprint density at radius 1 is 1.50 bits per heavy atom. The van der Waals surface area contributed by atoms with Gasteiger partial charge in [0, 0.05) is 0 Å². The van der Waals surface area contributed by atoms with E-state index in [0.717, 1.165) is 12.8 Å². The Balaban J connectivity index is 2.26. The highest BCUT2D eigenvalue weighted by molar-refractivity contribution is 4.96. The Kier molecular flexibility index (Phi) is 3.80. The van der Waals surface area contributed by atoms with Gasteiger partial charge in [-0.15, -0.1) is 0 Å². The highest BCUT2D eigenvalue weighted by Gasteiger charge is 2.22. The van der Waals surface area contributed by atoms with E-state index in [0.29, 0.717) is 5.92 Å². The molecule has 1 heteroatoms. The first-order valence-corrected chi connectivity index (χ1v) is 5.08. The van der Waals surface area contributed by atoms with Gasteiger partial charge in [-0.3, -0.25) is 0 Å². The van der Waals surface area contributed by atoms with Crippen molar-refractivity contribution in [3.8, 4) is 0 Å². The fourth-order valence-corrected chi connectivity index (χ4v) is 1.95. The molecule has 1 saturated carbocycles. The largest absolute Gasteiger partial charge is 0.393 e. The lowest BCUT2D eigenvalue weighted by molar-refractivity contribution is 0.110. The third-order valence-corrected chi connectivity index (χ3v) is 2.94. The van der Waals surface area contributed by atoms with Crippen molar-refractivity contribution >= 4 is 0 Å². The molecule has 1 nitrogen and oxygen atoms in total. The Bertz CT molecular complexity index is 145. The second kappa shape index (κ2) is 4.66. The van der Waals surface area contributed by atoms with Crippen LogP contribution in [0.25, 0.3) is 0 Å². The van der Waals surface area contributed by atoms with Gasteiger partial charge in [-0.25, -0.2) is 0 Å². The molecule has 0 aromatic carbocycles. The van der Waals surface area contributed by atoms with Crippen LogP contribution in [0.15, 0.2) is 12.2 Å². The molecule has 1 atom stereocenters. The molecule has 0 heterocycles. The van der Waals surface area contributed by atoms with Crippen LogP contribution in [-0.4, -0.2) is 11.2 Å². The second-order valence-corrected chi connectivity index (χ2v) is 3.92. The number of rotatable bonds is 4. The predicted octanol–water partition coefficient (Wildman–Crippen LogP) is 2.89. The molecule has 1 rings (SSSR count). The molecule has 0 aliphatic heterocycles. The van der Waals surface area contributed by atoms with Crippen molar-refractivity contribution in [2.75, 3.05) is 0 Å². The van der Waals surface area contributed by atoms with Crippen molar-refractivity contribution in [3.63, 3.8) is 0 Å². The van der Waals surface area contributed by atoms with Crippen LogP contribution < -0.4 is 0 Å². The number of hydrogen-bond donors (Lipinski definition) is 1. The lowest BCUT2D eigenvalue weighted by atomic mass is 9.94. The summed E-state index contributed by atoms with van der Waals surface area (Å²) in [7, 11) is 0. The van der Waals surface area contributed by atoms with E-state index in [9.17, 15) is 5.11 Å². The Labute approximate surface area is 75.5 Å². The van der Waals surface area contributed by atoms with E-state index in [2.05, 4.69) is 13.5 Å². The molecule has 1 unspecified atom stereocenters. The average Bonchev–Trinajstić information content (AvgIpc) is 2.56. The summed E-state index contributed by atoms with van der Waals surface area (Å²) < 4.78 is 0. The van der Waals surface area contributed by atoms with E-state index in [1.807, 2.05) is 0 Å². The summed E-state index contributed by atoms with van der Waals surface area (Å²) in [5.74, 6) is 0.563. The van der Waals surface area contributed by atoms with Crippen LogP contribution in [0, 0.1) is 5.92 Å². The summed E-state index contributed by atoms with van der Waals surface area (Å²) >= 11 is 0. The van der Waals surface area contributed by atoms with Crippen molar-refractivity contribution in [1.82, 2.24) is 0 Å². The van der Waals surface area contributed by atoms with Crippen LogP contribution in [0.1, 0.15) is 45.4 Å². The van der Waals surface area contributed by atoms with Crippen LogP contribution in [0.2, 0.25) is 0 Å². The Hall–Kier alpha value is -0.300. The van der Waals surface area contributed by atoms with Gasteiger partial charge in [0.2, 0.25) is 0 Å². The summed E-state index contributed by atoms with van der Waals surface area (Å²) in [5, 5.41) is 9.79. The summed E-state index contributed by atoms with van der Waals surface area (Å²) in [5.41, 5.74) is 1.19. The van der Waals surface area contributed by atoms with E-state index in [4.69, 9.17) is 0 Å². The van der Waals surface area contributed by atoms with E-state index in [1.165, 1.54) is 31.3 Å². The molecule has 0 amide bonds. The maximum atomic E-state index is 9.79. The molecule has 12 heavy (non-hydrogen) atoms. The molecule has 1 aliphatic rings. The highest BCUT2D eigenvalue weighted by atomic mass is 16.3. The van der Waals surface area contributed by atoms with Gasteiger partial charge in [0.25, 0.3) is 0 Å². The van der Waals surface area contributed by atoms with Crippen molar-refractivity contribution in [3.05, 3.63) is 12.2 Å². The van der Waals surface area contributed by atoms with Crippen molar-refractivity contribution in [2.24, 2.45) is 5.92 Å². The Morgan fingerprint density at radius 2 is 2.08 bits per heavy atom. The smallest absolute Gasteiger partial charge is 0.0605 e. The van der Waals surface area contributed by atoms with E-state index >= 15 is 0 Å². The minimum atomic E-state index is -0.111. The third kappa shape index (κ3) is 2.63. The lowest BCUT2D eigenvalue weighted by Gasteiger charge is -2.17. The first kappa shape index (κ1) is 9.79. The summed E-state index contributed by atoms with van der Waals surface area (Å²) in [6, 6.07) is 0. The van der Waals surface area contributed by atoms with E-state index in [1.54, 1.807) is 0 Å². The van der Waals surface area contributed by atoms with Gasteiger partial charge in [-0.05, 0) is 31.6 Å². The number of hydrogen-bond acceptors (Lipinski definition) is 1. The maximum absolute atomic E-state index is 9.79. The highest BCUT2D eigenvalue weighted by Crippen LogP contribution is 2.30. The third-order valence-electron chi connectivity index (χ3n) is 2.94. The molecule has 1 aliphatic carbocycles. The topological polar surface area (TPSA) is 20.2 Å². The van der Waals surface area contributed by atoms with Crippen LogP contribution in [0.5, 0.6) is 0 Å². The Morgan fingerprint density at radius 3 is 2.58 bits per heavy atom. The van der Waals surface area contributed by atoms with E-state index in [-0.39, 0.29) is 6.10 Å². The second-order valence-electron chi connectivity index (χ2n) is 3.92. The van der Waals surface area contributed by atoms with Crippen molar-refractivity contribution in [2.45, 2.75) is 51.6 Å². The molecule has 0 radical (unpaired) electrons. The number of aliphatic hydroxyl groups excluding tert-OH is 1. The van der Waals surface area contributed by atoms with Crippen molar-refractivity contribution < 1.29 is 5.11 Å². The molecule has 0 spiro atoms. The molecule has 0 aromatic heterocycles. The van der Waals surface area contributed by atoms with Gasteiger partial charge in [-0.1, -0.05) is 31.9 Å². The van der Waals surface area contributed by atoms with Crippen LogP contribution in [0.3, 0.4) is 0 Å². The zero-order chi connectivity index (χ0) is 8.97. The quantitative estimate of drug-likeness (QED) is 0.640. The molecule has 0 saturated heterocycles. The minimum absolute atomic E-state index is 0.111. The normalized spacial score (nSPS) is 21.2. The van der Waals surface area contributed by atoms with Crippen LogP contribution in [-0.2, 0) is 0 Å². The molecule has 1 fully saturated rings. The lowest BCUT2D eigenvalue weighted by Crippen LogP contribution is -2.17. The van der Waals surface area contributed by atoms with Gasteiger partial charge in [0.15, 0.2) is 0 Å². The average molecular weight is 168 g/mol. The van der Waals surface area contributed by atoms with E-state index < -0.39 is 0 Å². The molecule has 0 bridgehead atoms. The molecule has 70 valence electrons. The molecule has 0 aromatic rings. The van der Waals surface area contributed by atoms with Crippen LogP contribution in [0.4, 0.5) is 0 Å². The first-order chi connectivity index (χ1) is 5.74. The fourth-order valence-electron chi connectivity index (χ4n) is 1.95. The first-order valence-electron chi connectivity index (χ1n) is 5.08. The molecular weight excluding hydrogens is 148 g/mol. The monoisotopic (exact) mass is 168 g/mol. The fraction of sp³-hybridized carbons (Fsp3) is 0.818. The van der Waals surface area contributed by atoms with Gasteiger partial charge >= 0.3 is 0 Å².